The Bertz CT molecular complexity index is 350. The second kappa shape index (κ2) is 5.51. The molecule has 0 radical (unpaired) electrons. The van der Waals surface area contributed by atoms with Crippen LogP contribution >= 0.6 is 15.9 Å². The summed E-state index contributed by atoms with van der Waals surface area (Å²) in [6, 6.07) is 10.4. The van der Waals surface area contributed by atoms with Crippen LogP contribution in [0.1, 0.15) is 37.9 Å². The summed E-state index contributed by atoms with van der Waals surface area (Å²) < 4.78 is 11.5. The highest BCUT2D eigenvalue weighted by molar-refractivity contribution is 9.10. The lowest BCUT2D eigenvalue weighted by molar-refractivity contribution is -0.165. The van der Waals surface area contributed by atoms with E-state index in [1.54, 1.807) is 7.11 Å². The molecule has 1 aromatic carbocycles. The Kier molecular flexibility index (Phi) is 4.23. The van der Waals surface area contributed by atoms with Gasteiger partial charge in [-0.1, -0.05) is 46.3 Å². The number of hydrogen-bond donors (Lipinski definition) is 0. The minimum absolute atomic E-state index is 0.0920. The third-order valence-electron chi connectivity index (χ3n) is 3.30. The first-order valence-electron chi connectivity index (χ1n) is 6.05. The summed E-state index contributed by atoms with van der Waals surface area (Å²) in [5.41, 5.74) is 1.24. The van der Waals surface area contributed by atoms with Gasteiger partial charge in [-0.3, -0.25) is 0 Å². The maximum Gasteiger partial charge on any atom is 0.172 e. The minimum atomic E-state index is -0.199. The van der Waals surface area contributed by atoms with E-state index in [9.17, 15) is 0 Å². The van der Waals surface area contributed by atoms with Crippen LogP contribution in [0.5, 0.6) is 0 Å². The highest BCUT2D eigenvalue weighted by Gasteiger charge is 2.37. The Balaban J connectivity index is 2.16. The summed E-state index contributed by atoms with van der Waals surface area (Å²) in [4.78, 5) is 0. The molecule has 0 N–H and O–H groups in total. The molecule has 3 atom stereocenters. The summed E-state index contributed by atoms with van der Waals surface area (Å²) >= 11 is 3.72. The molecule has 0 bridgehead atoms. The van der Waals surface area contributed by atoms with Gasteiger partial charge in [0.2, 0.25) is 0 Å². The second-order valence-electron chi connectivity index (χ2n) is 4.77. The van der Waals surface area contributed by atoms with Crippen LogP contribution in [0.2, 0.25) is 0 Å². The molecule has 2 nitrogen and oxygen atoms in total. The number of methoxy groups -OCH3 is 1. The first-order chi connectivity index (χ1) is 8.13. The minimum Gasteiger partial charge on any atom is -0.354 e. The summed E-state index contributed by atoms with van der Waals surface area (Å²) in [6.07, 6.45) is 3.19. The van der Waals surface area contributed by atoms with Crippen molar-refractivity contribution in [2.24, 2.45) is 0 Å². The zero-order valence-corrected chi connectivity index (χ0v) is 11.9. The fraction of sp³-hybridized carbons (Fsp3) is 0.571. The van der Waals surface area contributed by atoms with Gasteiger partial charge in [0.15, 0.2) is 6.29 Å². The van der Waals surface area contributed by atoms with E-state index in [1.807, 2.05) is 6.07 Å². The average Bonchev–Trinajstić information content (AvgIpc) is 2.48. The number of halogens is 1. The van der Waals surface area contributed by atoms with Gasteiger partial charge in [-0.2, -0.15) is 0 Å². The summed E-state index contributed by atoms with van der Waals surface area (Å²) in [6.45, 7) is 2.13. The molecule has 0 aliphatic carbocycles. The maximum absolute atomic E-state index is 6.09. The summed E-state index contributed by atoms with van der Waals surface area (Å²) in [7, 11) is 1.71. The van der Waals surface area contributed by atoms with Crippen molar-refractivity contribution in [2.45, 2.75) is 42.9 Å². The van der Waals surface area contributed by atoms with Gasteiger partial charge >= 0.3 is 0 Å². The van der Waals surface area contributed by atoms with E-state index < -0.39 is 0 Å². The highest BCUT2D eigenvalue weighted by atomic mass is 79.9. The quantitative estimate of drug-likeness (QED) is 0.767. The van der Waals surface area contributed by atoms with Gasteiger partial charge < -0.3 is 9.47 Å². The zero-order chi connectivity index (χ0) is 12.3. The van der Waals surface area contributed by atoms with E-state index in [4.69, 9.17) is 9.47 Å². The van der Waals surface area contributed by atoms with Crippen molar-refractivity contribution >= 4 is 15.9 Å². The van der Waals surface area contributed by atoms with Crippen LogP contribution in [0.3, 0.4) is 0 Å². The molecule has 1 aromatic rings. The predicted molar refractivity (Wildman–Crippen MR) is 72.2 cm³/mol. The fourth-order valence-electron chi connectivity index (χ4n) is 2.32. The van der Waals surface area contributed by atoms with E-state index in [0.29, 0.717) is 0 Å². The molecule has 1 heterocycles. The van der Waals surface area contributed by atoms with Crippen molar-refractivity contribution in [1.82, 2.24) is 0 Å². The largest absolute Gasteiger partial charge is 0.354 e. The molecule has 0 saturated carbocycles. The van der Waals surface area contributed by atoms with E-state index in [0.717, 1.165) is 19.3 Å². The van der Waals surface area contributed by atoms with Gasteiger partial charge in [0.05, 0.1) is 10.4 Å². The molecule has 0 aromatic heterocycles. The number of alkyl halides is 1. The molecule has 1 aliphatic rings. The molecule has 3 heteroatoms. The first kappa shape index (κ1) is 13.1. The van der Waals surface area contributed by atoms with Crippen LogP contribution in [0.25, 0.3) is 0 Å². The predicted octanol–water partition coefficient (Wildman–Crippen LogP) is 4.05. The van der Waals surface area contributed by atoms with Crippen molar-refractivity contribution in [1.29, 1.82) is 0 Å². The standard InChI is InChI=1S/C14H19BrO2/c1-14(15)10-6-9-12(17-13(14)16-2)11-7-4-3-5-8-11/h3-5,7-8,12-13H,6,9-10H2,1-2H3/t12-,13+,14+/m1/s1. The van der Waals surface area contributed by atoms with Crippen LogP contribution in [0.15, 0.2) is 30.3 Å². The molecule has 0 amide bonds. The molecule has 2 rings (SSSR count). The summed E-state index contributed by atoms with van der Waals surface area (Å²) in [5.74, 6) is 0. The van der Waals surface area contributed by atoms with Gasteiger partial charge in [0.1, 0.15) is 0 Å². The Morgan fingerprint density at radius 2 is 2.06 bits per heavy atom. The van der Waals surface area contributed by atoms with Crippen LogP contribution in [-0.2, 0) is 9.47 Å². The lowest BCUT2D eigenvalue weighted by atomic mass is 10.0. The second-order valence-corrected chi connectivity index (χ2v) is 6.58. The maximum atomic E-state index is 6.09. The van der Waals surface area contributed by atoms with Crippen LogP contribution < -0.4 is 0 Å². The third kappa shape index (κ3) is 3.09. The molecule has 17 heavy (non-hydrogen) atoms. The smallest absolute Gasteiger partial charge is 0.172 e. The molecule has 1 aliphatic heterocycles. The van der Waals surface area contributed by atoms with Crippen LogP contribution in [0.4, 0.5) is 0 Å². The van der Waals surface area contributed by atoms with Gasteiger partial charge in [0, 0.05) is 7.11 Å². The Morgan fingerprint density at radius 1 is 1.35 bits per heavy atom. The Hall–Kier alpha value is -0.380. The van der Waals surface area contributed by atoms with Crippen molar-refractivity contribution in [3.63, 3.8) is 0 Å². The number of ether oxygens (including phenoxy) is 2. The Morgan fingerprint density at radius 3 is 2.71 bits per heavy atom. The normalized spacial score (nSPS) is 34.3. The number of rotatable bonds is 2. The lowest BCUT2D eigenvalue weighted by Crippen LogP contribution is -2.36. The van der Waals surface area contributed by atoms with Gasteiger partial charge in [-0.05, 0) is 31.7 Å². The van der Waals surface area contributed by atoms with Crippen molar-refractivity contribution in [2.75, 3.05) is 7.11 Å². The SMILES string of the molecule is CO[C@H]1O[C@@H](c2ccccc2)CCC[C@]1(C)Br. The van der Waals surface area contributed by atoms with Crippen molar-refractivity contribution in [3.8, 4) is 0 Å². The first-order valence-corrected chi connectivity index (χ1v) is 6.85. The highest BCUT2D eigenvalue weighted by Crippen LogP contribution is 2.39. The fourth-order valence-corrected chi connectivity index (χ4v) is 2.90. The van der Waals surface area contributed by atoms with Crippen molar-refractivity contribution < 1.29 is 9.47 Å². The van der Waals surface area contributed by atoms with E-state index >= 15 is 0 Å². The molecule has 0 unspecified atom stereocenters. The molecule has 1 fully saturated rings. The van der Waals surface area contributed by atoms with E-state index in [-0.39, 0.29) is 16.7 Å². The summed E-state index contributed by atoms with van der Waals surface area (Å²) in [5, 5.41) is 0. The van der Waals surface area contributed by atoms with Gasteiger partial charge in [0.25, 0.3) is 0 Å². The molecular weight excluding hydrogens is 280 g/mol. The lowest BCUT2D eigenvalue weighted by Gasteiger charge is -2.30. The van der Waals surface area contributed by atoms with Gasteiger partial charge in [-0.25, -0.2) is 0 Å². The molecule has 0 spiro atoms. The van der Waals surface area contributed by atoms with E-state index in [2.05, 4.69) is 47.1 Å². The third-order valence-corrected chi connectivity index (χ3v) is 4.07. The molecular formula is C14H19BrO2. The molecule has 1 saturated heterocycles. The van der Waals surface area contributed by atoms with Gasteiger partial charge in [-0.15, -0.1) is 0 Å². The zero-order valence-electron chi connectivity index (χ0n) is 10.4. The van der Waals surface area contributed by atoms with Crippen molar-refractivity contribution in [3.05, 3.63) is 35.9 Å². The van der Waals surface area contributed by atoms with E-state index in [1.165, 1.54) is 5.56 Å². The monoisotopic (exact) mass is 298 g/mol. The van der Waals surface area contributed by atoms with Crippen LogP contribution in [-0.4, -0.2) is 17.7 Å². The Labute approximate surface area is 111 Å². The number of benzene rings is 1. The van der Waals surface area contributed by atoms with Crippen LogP contribution in [0, 0.1) is 0 Å². The molecule has 94 valence electrons. The number of hydrogen-bond acceptors (Lipinski definition) is 2. The topological polar surface area (TPSA) is 18.5 Å². The average molecular weight is 299 g/mol.